The fourth-order valence-electron chi connectivity index (χ4n) is 2.99. The normalized spacial score (nSPS) is 25.4. The Balaban J connectivity index is 0.00000176. The molecule has 3 N–H and O–H groups in total. The van der Waals surface area contributed by atoms with Crippen molar-refractivity contribution in [2.24, 2.45) is 5.92 Å². The van der Waals surface area contributed by atoms with Crippen molar-refractivity contribution < 1.29 is 9.90 Å². The molecule has 4 nitrogen and oxygen atoms in total. The number of benzene rings is 1. The summed E-state index contributed by atoms with van der Waals surface area (Å²) in [5.74, 6) is 0.0167. The zero-order chi connectivity index (χ0) is 15.0. The molecule has 122 valence electrons. The summed E-state index contributed by atoms with van der Waals surface area (Å²) in [6.45, 7) is 1.78. The molecule has 2 fully saturated rings. The molecule has 3 rings (SSSR count). The molecule has 1 saturated heterocycles. The molecule has 2 atom stereocenters. The molecule has 1 aromatic rings. The number of hydrogen-bond donors (Lipinski definition) is 3. The monoisotopic (exact) mass is 364 g/mol. The highest BCUT2D eigenvalue weighted by molar-refractivity contribution is 6.36. The van der Waals surface area contributed by atoms with Crippen molar-refractivity contribution in [3.8, 4) is 0 Å². The molecule has 0 bridgehead atoms. The Bertz CT molecular complexity index is 543. The third kappa shape index (κ3) is 3.22. The van der Waals surface area contributed by atoms with E-state index >= 15 is 0 Å². The van der Waals surface area contributed by atoms with Gasteiger partial charge in [-0.05, 0) is 25.0 Å². The van der Waals surface area contributed by atoms with Gasteiger partial charge in [-0.1, -0.05) is 29.3 Å². The van der Waals surface area contributed by atoms with Gasteiger partial charge in [-0.3, -0.25) is 4.79 Å². The molecule has 0 radical (unpaired) electrons. The van der Waals surface area contributed by atoms with E-state index in [0.29, 0.717) is 23.1 Å². The first kappa shape index (κ1) is 17.8. The van der Waals surface area contributed by atoms with E-state index in [0.717, 1.165) is 24.9 Å². The summed E-state index contributed by atoms with van der Waals surface area (Å²) in [5.41, 5.74) is 0.141. The van der Waals surface area contributed by atoms with Crippen LogP contribution in [0.5, 0.6) is 0 Å². The Morgan fingerprint density at radius 2 is 1.95 bits per heavy atom. The van der Waals surface area contributed by atoms with Gasteiger partial charge in [0, 0.05) is 41.2 Å². The number of halogens is 3. The standard InChI is InChI=1S/C15H18Cl2N2O2.ClH/c16-10-2-1-3-11(17)13(10)15(4-5-15)14(21)19-7-9-6-18-8-12(9)20;/h1-3,9,12,18,20H,4-8H2,(H,19,21);1H. The van der Waals surface area contributed by atoms with E-state index in [-0.39, 0.29) is 24.2 Å². The van der Waals surface area contributed by atoms with Crippen LogP contribution in [0.15, 0.2) is 18.2 Å². The highest BCUT2D eigenvalue weighted by Crippen LogP contribution is 2.53. The minimum atomic E-state index is -0.591. The molecule has 1 aromatic carbocycles. The number of aliphatic hydroxyl groups is 1. The lowest BCUT2D eigenvalue weighted by Gasteiger charge is -2.20. The van der Waals surface area contributed by atoms with E-state index in [1.807, 2.05) is 0 Å². The fraction of sp³-hybridized carbons (Fsp3) is 0.533. The van der Waals surface area contributed by atoms with Crippen molar-refractivity contribution in [1.82, 2.24) is 10.6 Å². The SMILES string of the molecule is Cl.O=C(NCC1CNCC1O)C1(c2c(Cl)cccc2Cl)CC1. The van der Waals surface area contributed by atoms with Crippen LogP contribution >= 0.6 is 35.6 Å². The molecule has 22 heavy (non-hydrogen) atoms. The average Bonchev–Trinajstić information content (AvgIpc) is 3.13. The van der Waals surface area contributed by atoms with Crippen molar-refractivity contribution in [2.45, 2.75) is 24.4 Å². The smallest absolute Gasteiger partial charge is 0.230 e. The fourth-order valence-corrected chi connectivity index (χ4v) is 3.75. The second kappa shape index (κ2) is 6.93. The molecule has 0 aromatic heterocycles. The minimum absolute atomic E-state index is 0. The number of β-amino-alcohol motifs (C(OH)–C–C–N with tert-alkyl or cyclic N) is 1. The molecule has 1 amide bonds. The van der Waals surface area contributed by atoms with Crippen LogP contribution in [0.3, 0.4) is 0 Å². The third-order valence-electron chi connectivity index (χ3n) is 4.45. The molecule has 2 aliphatic rings. The number of hydrogen-bond acceptors (Lipinski definition) is 3. The van der Waals surface area contributed by atoms with E-state index in [4.69, 9.17) is 23.2 Å². The number of nitrogens with one attached hydrogen (secondary N) is 2. The summed E-state index contributed by atoms with van der Waals surface area (Å²) >= 11 is 12.5. The van der Waals surface area contributed by atoms with Crippen molar-refractivity contribution in [2.75, 3.05) is 19.6 Å². The summed E-state index contributed by atoms with van der Waals surface area (Å²) in [4.78, 5) is 12.6. The summed E-state index contributed by atoms with van der Waals surface area (Å²) in [7, 11) is 0. The summed E-state index contributed by atoms with van der Waals surface area (Å²) < 4.78 is 0. The molecule has 1 heterocycles. The number of aliphatic hydroxyl groups excluding tert-OH is 1. The van der Waals surface area contributed by atoms with E-state index < -0.39 is 11.5 Å². The van der Waals surface area contributed by atoms with Crippen LogP contribution < -0.4 is 10.6 Å². The first-order valence-corrected chi connectivity index (χ1v) is 7.92. The van der Waals surface area contributed by atoms with Crippen LogP contribution in [0.2, 0.25) is 10.0 Å². The molecule has 1 aliphatic carbocycles. The van der Waals surface area contributed by atoms with Gasteiger partial charge < -0.3 is 15.7 Å². The minimum Gasteiger partial charge on any atom is -0.391 e. The third-order valence-corrected chi connectivity index (χ3v) is 5.08. The number of amides is 1. The van der Waals surface area contributed by atoms with Gasteiger partial charge in [-0.25, -0.2) is 0 Å². The molecule has 0 spiro atoms. The predicted octanol–water partition coefficient (Wildman–Crippen LogP) is 2.14. The quantitative estimate of drug-likeness (QED) is 0.766. The van der Waals surface area contributed by atoms with Crippen molar-refractivity contribution in [3.05, 3.63) is 33.8 Å². The van der Waals surface area contributed by atoms with Gasteiger partial charge in [0.25, 0.3) is 0 Å². The lowest BCUT2D eigenvalue weighted by Crippen LogP contribution is -2.40. The predicted molar refractivity (Wildman–Crippen MR) is 90.0 cm³/mol. The largest absolute Gasteiger partial charge is 0.391 e. The van der Waals surface area contributed by atoms with E-state index in [2.05, 4.69) is 10.6 Å². The molecule has 1 aliphatic heterocycles. The van der Waals surface area contributed by atoms with Gasteiger partial charge in [0.05, 0.1) is 11.5 Å². The second-order valence-electron chi connectivity index (χ2n) is 5.87. The Hall–Kier alpha value is -0.520. The summed E-state index contributed by atoms with van der Waals surface area (Å²) in [6.07, 6.45) is 1.12. The molecular formula is C15H19Cl3N2O2. The zero-order valence-electron chi connectivity index (χ0n) is 11.9. The molecule has 1 saturated carbocycles. The summed E-state index contributed by atoms with van der Waals surface area (Å²) in [6, 6.07) is 5.31. The lowest BCUT2D eigenvalue weighted by molar-refractivity contribution is -0.123. The first-order valence-electron chi connectivity index (χ1n) is 7.16. The summed E-state index contributed by atoms with van der Waals surface area (Å²) in [5, 5.41) is 16.9. The van der Waals surface area contributed by atoms with Gasteiger partial charge in [0.1, 0.15) is 0 Å². The van der Waals surface area contributed by atoms with Crippen molar-refractivity contribution in [3.63, 3.8) is 0 Å². The Morgan fingerprint density at radius 1 is 1.32 bits per heavy atom. The molecule has 7 heteroatoms. The highest BCUT2D eigenvalue weighted by atomic mass is 35.5. The molecular weight excluding hydrogens is 347 g/mol. The highest BCUT2D eigenvalue weighted by Gasteiger charge is 2.53. The first-order chi connectivity index (χ1) is 10.0. The maximum absolute atomic E-state index is 12.6. The maximum atomic E-state index is 12.6. The van der Waals surface area contributed by atoms with Crippen molar-refractivity contribution in [1.29, 1.82) is 0 Å². The van der Waals surface area contributed by atoms with Gasteiger partial charge >= 0.3 is 0 Å². The topological polar surface area (TPSA) is 61.4 Å². The second-order valence-corrected chi connectivity index (χ2v) is 6.69. The zero-order valence-corrected chi connectivity index (χ0v) is 14.3. The number of carbonyl (C=O) groups is 1. The van der Waals surface area contributed by atoms with Crippen molar-refractivity contribution >= 4 is 41.5 Å². The van der Waals surface area contributed by atoms with Crippen LogP contribution in [0.1, 0.15) is 18.4 Å². The van der Waals surface area contributed by atoms with Crippen LogP contribution in [0.25, 0.3) is 0 Å². The van der Waals surface area contributed by atoms with Gasteiger partial charge in [0.15, 0.2) is 0 Å². The van der Waals surface area contributed by atoms with E-state index in [1.54, 1.807) is 18.2 Å². The number of rotatable bonds is 4. The average molecular weight is 366 g/mol. The van der Waals surface area contributed by atoms with Crippen LogP contribution in [0, 0.1) is 5.92 Å². The molecule has 2 unspecified atom stereocenters. The number of carbonyl (C=O) groups excluding carboxylic acids is 1. The van der Waals surface area contributed by atoms with E-state index in [1.165, 1.54) is 0 Å². The van der Waals surface area contributed by atoms with Crippen LogP contribution in [-0.4, -0.2) is 36.8 Å². The van der Waals surface area contributed by atoms with Gasteiger partial charge in [0.2, 0.25) is 5.91 Å². The van der Waals surface area contributed by atoms with Crippen LogP contribution in [-0.2, 0) is 10.2 Å². The Labute approximate surface area is 146 Å². The maximum Gasteiger partial charge on any atom is 0.230 e. The van der Waals surface area contributed by atoms with Gasteiger partial charge in [-0.2, -0.15) is 0 Å². The Morgan fingerprint density at radius 3 is 2.45 bits per heavy atom. The lowest BCUT2D eigenvalue weighted by atomic mass is 9.94. The van der Waals surface area contributed by atoms with E-state index in [9.17, 15) is 9.90 Å². The van der Waals surface area contributed by atoms with Gasteiger partial charge in [-0.15, -0.1) is 12.4 Å². The van der Waals surface area contributed by atoms with Crippen LogP contribution in [0.4, 0.5) is 0 Å². The Kier molecular flexibility index (Phi) is 5.62.